The number of para-hydroxylation sites is 4. The van der Waals surface area contributed by atoms with Crippen LogP contribution in [0.25, 0.3) is 32.8 Å². The van der Waals surface area contributed by atoms with E-state index in [1.54, 1.807) is 24.5 Å². The van der Waals surface area contributed by atoms with Gasteiger partial charge in [0.15, 0.2) is 0 Å². The summed E-state index contributed by atoms with van der Waals surface area (Å²) in [5.74, 6) is 0.365. The summed E-state index contributed by atoms with van der Waals surface area (Å²) in [5.41, 5.74) is 2.78. The number of rotatable bonds is 1. The van der Waals surface area contributed by atoms with Crippen LogP contribution in [0.2, 0.25) is 0 Å². The van der Waals surface area contributed by atoms with Gasteiger partial charge in [-0.05, 0) is 35.0 Å². The van der Waals surface area contributed by atoms with Crippen molar-refractivity contribution in [3.8, 4) is 11.5 Å². The fourth-order valence-electron chi connectivity index (χ4n) is 3.31. The summed E-state index contributed by atoms with van der Waals surface area (Å²) in [6.45, 7) is 0. The molecule has 0 spiro atoms. The molecule has 37 heavy (non-hydrogen) atoms. The van der Waals surface area contributed by atoms with Gasteiger partial charge in [0.25, 0.3) is 0 Å². The maximum absolute atomic E-state index is 11.1. The van der Waals surface area contributed by atoms with Gasteiger partial charge in [-0.1, -0.05) is 72.2 Å². The molecule has 0 aliphatic heterocycles. The van der Waals surface area contributed by atoms with Gasteiger partial charge < -0.3 is 19.9 Å². The summed E-state index contributed by atoms with van der Waals surface area (Å²) in [4.78, 5) is 25.9. The second-order valence-electron chi connectivity index (χ2n) is 7.38. The molecule has 1 radical (unpaired) electrons. The van der Waals surface area contributed by atoms with E-state index in [2.05, 4.69) is 30.0 Å². The number of aromatic nitrogens is 4. The maximum Gasteiger partial charge on any atom is 2.00 e. The number of carbonyl (C=O) groups is 1. The van der Waals surface area contributed by atoms with Crippen molar-refractivity contribution in [1.82, 2.24) is 19.9 Å². The second-order valence-corrected chi connectivity index (χ2v) is 7.38. The number of benzene rings is 3. The molecule has 0 saturated heterocycles. The Balaban J connectivity index is 0.000000154. The van der Waals surface area contributed by atoms with Crippen molar-refractivity contribution >= 4 is 44.9 Å². The average Bonchev–Trinajstić information content (AvgIpc) is 3.32. The number of hydrogen-bond donors (Lipinski definition) is 2. The maximum atomic E-state index is 11.1. The standard InChI is InChI=1S/C9H9N3O2.2C9H7NO.Cu/c1-14-9(13)12-8-10-6-4-2-3-5-7(6)11-8;2*11-8-5-1-3-7-4-2-6-10-9(7)8;/h2-5H,1H3,(H2,10,11,12,13);2*1-6,11H;/q;;;+2/p-2. The number of imidazole rings is 1. The number of nitrogens with one attached hydrogen (secondary N) is 2. The smallest absolute Gasteiger partial charge is 0.871 e. The van der Waals surface area contributed by atoms with Crippen molar-refractivity contribution in [2.45, 2.75) is 0 Å². The van der Waals surface area contributed by atoms with E-state index in [0.717, 1.165) is 21.8 Å². The molecule has 6 aromatic rings. The van der Waals surface area contributed by atoms with Gasteiger partial charge in [-0.25, -0.2) is 9.78 Å². The fraction of sp³-hybridized carbons (Fsp3) is 0.0370. The van der Waals surface area contributed by atoms with Crippen molar-refractivity contribution in [3.05, 3.63) is 97.3 Å². The Morgan fingerprint density at radius 2 is 1.32 bits per heavy atom. The molecule has 3 aromatic heterocycles. The molecule has 0 bridgehead atoms. The summed E-state index contributed by atoms with van der Waals surface area (Å²) in [7, 11) is 1.30. The van der Waals surface area contributed by atoms with E-state index < -0.39 is 6.09 Å². The Bertz CT molecular complexity index is 1500. The summed E-state index contributed by atoms with van der Waals surface area (Å²) in [6, 6.07) is 25.2. The molecule has 0 aliphatic carbocycles. The molecule has 1 amide bonds. The number of ether oxygens (including phenoxy) is 1. The first-order chi connectivity index (χ1) is 17.5. The van der Waals surface area contributed by atoms with Crippen LogP contribution in [-0.2, 0) is 21.8 Å². The number of fused-ring (bicyclic) bond motifs is 3. The van der Waals surface area contributed by atoms with Crippen LogP contribution in [0.5, 0.6) is 11.5 Å². The SMILES string of the molecule is COC(=O)Nc1nc2ccccc2[nH]1.[Cu+2].[O-]c1cccc2cccnc12.[O-]c1cccc2cccnc12. The molecular weight excluding hydrogens is 522 g/mol. The molecule has 0 saturated carbocycles. The number of aromatic amines is 1. The van der Waals surface area contributed by atoms with Gasteiger partial charge in [-0.2, -0.15) is 0 Å². The van der Waals surface area contributed by atoms with E-state index in [4.69, 9.17) is 0 Å². The summed E-state index contributed by atoms with van der Waals surface area (Å²) in [6.07, 6.45) is 2.72. The Hall–Kier alpha value is -4.66. The van der Waals surface area contributed by atoms with Crippen LogP contribution in [0.1, 0.15) is 0 Å². The van der Waals surface area contributed by atoms with Gasteiger partial charge in [0, 0.05) is 12.4 Å². The molecule has 0 unspecified atom stereocenters. The fourth-order valence-corrected chi connectivity index (χ4v) is 3.31. The van der Waals surface area contributed by atoms with Gasteiger partial charge in [-0.3, -0.25) is 15.3 Å². The number of hydrogen-bond acceptors (Lipinski definition) is 7. The normalized spacial score (nSPS) is 9.86. The first-order valence-electron chi connectivity index (χ1n) is 10.9. The van der Waals surface area contributed by atoms with Crippen molar-refractivity contribution < 1.29 is 36.8 Å². The van der Waals surface area contributed by atoms with Gasteiger partial charge in [-0.15, -0.1) is 0 Å². The van der Waals surface area contributed by atoms with Crippen molar-refractivity contribution in [1.29, 1.82) is 0 Å². The van der Waals surface area contributed by atoms with Gasteiger partial charge >= 0.3 is 23.2 Å². The molecule has 6 rings (SSSR count). The van der Waals surface area contributed by atoms with Gasteiger partial charge in [0.05, 0.1) is 29.2 Å². The van der Waals surface area contributed by atoms with Crippen LogP contribution in [0.4, 0.5) is 10.7 Å². The molecule has 3 heterocycles. The Morgan fingerprint density at radius 3 is 1.84 bits per heavy atom. The topological polar surface area (TPSA) is 139 Å². The Kier molecular flexibility index (Phi) is 9.37. The molecule has 0 fully saturated rings. The van der Waals surface area contributed by atoms with Crippen LogP contribution in [-0.4, -0.2) is 33.1 Å². The molecule has 0 atom stereocenters. The molecular formula is C27H21CuN5O4. The van der Waals surface area contributed by atoms with Crippen LogP contribution < -0.4 is 15.5 Å². The van der Waals surface area contributed by atoms with Crippen molar-refractivity contribution in [2.24, 2.45) is 0 Å². The minimum Gasteiger partial charge on any atom is -0.871 e. The number of carbonyl (C=O) groups excluding carboxylic acids is 1. The predicted octanol–water partition coefficient (Wildman–Crippen LogP) is 4.36. The minimum absolute atomic E-state index is 0. The zero-order chi connectivity index (χ0) is 25.3. The Morgan fingerprint density at radius 1 is 0.784 bits per heavy atom. The zero-order valence-electron chi connectivity index (χ0n) is 19.5. The van der Waals surface area contributed by atoms with Crippen LogP contribution in [0.15, 0.2) is 97.3 Å². The third-order valence-electron chi connectivity index (χ3n) is 4.99. The van der Waals surface area contributed by atoms with Gasteiger partial charge in [0.2, 0.25) is 5.95 Å². The number of amides is 1. The first kappa shape index (κ1) is 26.9. The summed E-state index contributed by atoms with van der Waals surface area (Å²) < 4.78 is 4.44. The molecule has 2 N–H and O–H groups in total. The van der Waals surface area contributed by atoms with E-state index >= 15 is 0 Å². The van der Waals surface area contributed by atoms with Gasteiger partial charge in [0.1, 0.15) is 0 Å². The number of H-pyrrole nitrogens is 1. The van der Waals surface area contributed by atoms with E-state index in [1.807, 2.05) is 60.7 Å². The number of pyridine rings is 2. The van der Waals surface area contributed by atoms with Crippen molar-refractivity contribution in [2.75, 3.05) is 12.4 Å². The summed E-state index contributed by atoms with van der Waals surface area (Å²) in [5, 5.41) is 26.5. The molecule has 3 aromatic carbocycles. The zero-order valence-corrected chi connectivity index (χ0v) is 20.5. The van der Waals surface area contributed by atoms with Crippen molar-refractivity contribution in [3.63, 3.8) is 0 Å². The number of anilines is 1. The van der Waals surface area contributed by atoms with Crippen LogP contribution in [0, 0.1) is 0 Å². The van der Waals surface area contributed by atoms with E-state index in [0.29, 0.717) is 17.0 Å². The van der Waals surface area contributed by atoms with Crippen LogP contribution in [0.3, 0.4) is 0 Å². The molecule has 10 heteroatoms. The Labute approximate surface area is 222 Å². The summed E-state index contributed by atoms with van der Waals surface area (Å²) >= 11 is 0. The number of nitrogens with zero attached hydrogens (tertiary/aromatic N) is 3. The second kappa shape index (κ2) is 12.9. The molecule has 9 nitrogen and oxygen atoms in total. The third kappa shape index (κ3) is 6.94. The average molecular weight is 543 g/mol. The quantitative estimate of drug-likeness (QED) is 0.294. The van der Waals surface area contributed by atoms with E-state index in [-0.39, 0.29) is 28.6 Å². The molecule has 0 aliphatic rings. The molecule has 189 valence electrons. The van der Waals surface area contributed by atoms with E-state index in [9.17, 15) is 15.0 Å². The predicted molar refractivity (Wildman–Crippen MR) is 134 cm³/mol. The van der Waals surface area contributed by atoms with Crippen LogP contribution >= 0.6 is 0 Å². The first-order valence-corrected chi connectivity index (χ1v) is 10.9. The monoisotopic (exact) mass is 542 g/mol. The minimum atomic E-state index is -0.538. The number of methoxy groups -OCH3 is 1. The largest absolute Gasteiger partial charge is 2.00 e. The van der Waals surface area contributed by atoms with E-state index in [1.165, 1.54) is 19.2 Å². The third-order valence-corrected chi connectivity index (χ3v) is 4.99.